The minimum Gasteiger partial charge on any atom is -0.462 e. The average molecular weight is 335 g/mol. The zero-order valence-corrected chi connectivity index (χ0v) is 12.9. The van der Waals surface area contributed by atoms with Gasteiger partial charge in [0.25, 0.3) is 5.91 Å². The lowest BCUT2D eigenvalue weighted by atomic mass is 9.79. The van der Waals surface area contributed by atoms with Gasteiger partial charge in [-0.25, -0.2) is 0 Å². The molecule has 6 nitrogen and oxygen atoms in total. The van der Waals surface area contributed by atoms with E-state index in [9.17, 15) is 14.4 Å². The molecule has 0 unspecified atom stereocenters. The molecular formula is C16H15ClN2O4. The Hall–Kier alpha value is -2.08. The third-order valence-electron chi connectivity index (χ3n) is 5.19. The van der Waals surface area contributed by atoms with E-state index < -0.39 is 11.8 Å². The molecule has 3 aliphatic rings. The third kappa shape index (κ3) is 2.28. The number of ether oxygens (including phenoxy) is 1. The summed E-state index contributed by atoms with van der Waals surface area (Å²) in [6.45, 7) is 0. The SMILES string of the molecule is O=C(NNC(=O)[C@@H]1[C@@H]2C[C@@H]3[C@@H]1C(=O)O[C@H]3C2)c1ccc(Cl)cc1. The van der Waals surface area contributed by atoms with E-state index in [0.717, 1.165) is 12.8 Å². The number of hydrazine groups is 1. The van der Waals surface area contributed by atoms with Gasteiger partial charge in [-0.1, -0.05) is 11.6 Å². The van der Waals surface area contributed by atoms with Crippen LogP contribution in [0, 0.1) is 23.7 Å². The van der Waals surface area contributed by atoms with Gasteiger partial charge in [0.1, 0.15) is 6.10 Å². The van der Waals surface area contributed by atoms with Crippen LogP contribution in [0.25, 0.3) is 0 Å². The molecule has 120 valence electrons. The summed E-state index contributed by atoms with van der Waals surface area (Å²) < 4.78 is 5.31. The number of benzene rings is 1. The van der Waals surface area contributed by atoms with Gasteiger partial charge in [-0.05, 0) is 43.0 Å². The van der Waals surface area contributed by atoms with Crippen molar-refractivity contribution in [1.82, 2.24) is 10.9 Å². The van der Waals surface area contributed by atoms with Gasteiger partial charge in [-0.2, -0.15) is 0 Å². The van der Waals surface area contributed by atoms with Crippen molar-refractivity contribution in [2.24, 2.45) is 23.7 Å². The summed E-state index contributed by atoms with van der Waals surface area (Å²) in [5.74, 6) is -1.46. The normalized spacial score (nSPS) is 33.4. The van der Waals surface area contributed by atoms with Gasteiger partial charge in [0.15, 0.2) is 0 Å². The van der Waals surface area contributed by atoms with Crippen molar-refractivity contribution >= 4 is 29.4 Å². The largest absolute Gasteiger partial charge is 0.462 e. The monoisotopic (exact) mass is 334 g/mol. The molecule has 0 radical (unpaired) electrons. The number of carbonyl (C=O) groups excluding carboxylic acids is 3. The minimum atomic E-state index is -0.426. The molecule has 1 aromatic rings. The van der Waals surface area contributed by atoms with Crippen LogP contribution in [0.3, 0.4) is 0 Å². The Balaban J connectivity index is 1.40. The van der Waals surface area contributed by atoms with Crippen LogP contribution >= 0.6 is 11.6 Å². The lowest BCUT2D eigenvalue weighted by molar-refractivity contribution is -0.146. The molecule has 1 heterocycles. The topological polar surface area (TPSA) is 84.5 Å². The Kier molecular flexibility index (Phi) is 3.30. The third-order valence-corrected chi connectivity index (χ3v) is 5.44. The predicted octanol–water partition coefficient (Wildman–Crippen LogP) is 1.30. The molecule has 2 amide bonds. The summed E-state index contributed by atoms with van der Waals surface area (Å²) in [6.07, 6.45) is 1.59. The molecule has 0 spiro atoms. The van der Waals surface area contributed by atoms with E-state index in [2.05, 4.69) is 10.9 Å². The molecule has 1 aliphatic heterocycles. The van der Waals surface area contributed by atoms with Crippen molar-refractivity contribution in [2.75, 3.05) is 0 Å². The molecule has 2 N–H and O–H groups in total. The summed E-state index contributed by atoms with van der Waals surface area (Å²) in [5, 5.41) is 0.530. The zero-order chi connectivity index (χ0) is 16.1. The highest BCUT2D eigenvalue weighted by molar-refractivity contribution is 6.30. The van der Waals surface area contributed by atoms with Gasteiger partial charge in [-0.3, -0.25) is 25.2 Å². The summed E-state index contributed by atoms with van der Waals surface area (Å²) in [5.41, 5.74) is 5.23. The van der Waals surface area contributed by atoms with Crippen LogP contribution in [0.2, 0.25) is 5.02 Å². The summed E-state index contributed by atoms with van der Waals surface area (Å²) >= 11 is 5.77. The number of amides is 2. The van der Waals surface area contributed by atoms with Crippen LogP contribution in [0.5, 0.6) is 0 Å². The Bertz CT molecular complexity index is 688. The van der Waals surface area contributed by atoms with E-state index >= 15 is 0 Å². The number of nitrogens with one attached hydrogen (secondary N) is 2. The maximum Gasteiger partial charge on any atom is 0.310 e. The Morgan fingerprint density at radius 3 is 2.61 bits per heavy atom. The van der Waals surface area contributed by atoms with Crippen molar-refractivity contribution in [3.8, 4) is 0 Å². The van der Waals surface area contributed by atoms with Gasteiger partial charge in [0.05, 0.1) is 11.8 Å². The highest BCUT2D eigenvalue weighted by atomic mass is 35.5. The van der Waals surface area contributed by atoms with Crippen LogP contribution < -0.4 is 10.9 Å². The van der Waals surface area contributed by atoms with Crippen LogP contribution in [-0.4, -0.2) is 23.9 Å². The summed E-state index contributed by atoms with van der Waals surface area (Å²) in [4.78, 5) is 36.3. The van der Waals surface area contributed by atoms with Crippen LogP contribution in [0.1, 0.15) is 23.2 Å². The first-order valence-corrected chi connectivity index (χ1v) is 7.98. The molecule has 1 aromatic carbocycles. The van der Waals surface area contributed by atoms with E-state index in [-0.39, 0.29) is 35.7 Å². The van der Waals surface area contributed by atoms with Crippen LogP contribution in [0.15, 0.2) is 24.3 Å². The van der Waals surface area contributed by atoms with Crippen LogP contribution in [-0.2, 0) is 14.3 Å². The standard InChI is InChI=1S/C16H15ClN2O4/c17-9-3-1-7(2-4-9)14(20)18-19-15(21)12-8-5-10-11(6-8)23-16(22)13(10)12/h1-4,8,10-13H,5-6H2,(H,18,20)(H,19,21)/t8-,10+,11+,12-,13+/m1/s1. The number of fused-ring (bicyclic) bond motifs is 1. The molecule has 7 heteroatoms. The van der Waals surface area contributed by atoms with Crippen molar-refractivity contribution in [3.05, 3.63) is 34.9 Å². The van der Waals surface area contributed by atoms with Gasteiger partial charge in [0, 0.05) is 16.5 Å². The van der Waals surface area contributed by atoms with E-state index in [1.54, 1.807) is 24.3 Å². The average Bonchev–Trinajstić information content (AvgIpc) is 3.14. The van der Waals surface area contributed by atoms with Gasteiger partial charge < -0.3 is 4.74 Å². The predicted molar refractivity (Wildman–Crippen MR) is 80.1 cm³/mol. The Morgan fingerprint density at radius 2 is 1.87 bits per heavy atom. The molecule has 2 bridgehead atoms. The first-order valence-electron chi connectivity index (χ1n) is 7.61. The molecule has 2 aliphatic carbocycles. The Labute approximate surface area is 137 Å². The second-order valence-electron chi connectivity index (χ2n) is 6.37. The number of esters is 1. The highest BCUT2D eigenvalue weighted by Crippen LogP contribution is 2.57. The molecule has 5 atom stereocenters. The molecule has 1 saturated heterocycles. The van der Waals surface area contributed by atoms with Gasteiger partial charge >= 0.3 is 5.97 Å². The van der Waals surface area contributed by atoms with Crippen LogP contribution in [0.4, 0.5) is 0 Å². The fraction of sp³-hybridized carbons (Fsp3) is 0.438. The second kappa shape index (κ2) is 5.23. The highest BCUT2D eigenvalue weighted by Gasteiger charge is 2.63. The lowest BCUT2D eigenvalue weighted by Crippen LogP contribution is -2.48. The fourth-order valence-electron chi connectivity index (χ4n) is 4.24. The molecular weight excluding hydrogens is 320 g/mol. The van der Waals surface area contributed by atoms with Crippen molar-refractivity contribution in [3.63, 3.8) is 0 Å². The molecule has 23 heavy (non-hydrogen) atoms. The number of hydrogen-bond acceptors (Lipinski definition) is 4. The van der Waals surface area contributed by atoms with E-state index in [4.69, 9.17) is 16.3 Å². The van der Waals surface area contributed by atoms with E-state index in [1.165, 1.54) is 0 Å². The Morgan fingerprint density at radius 1 is 1.13 bits per heavy atom. The molecule has 4 rings (SSSR count). The summed E-state index contributed by atoms with van der Waals surface area (Å²) in [7, 11) is 0. The zero-order valence-electron chi connectivity index (χ0n) is 12.1. The van der Waals surface area contributed by atoms with Gasteiger partial charge in [0.2, 0.25) is 5.91 Å². The number of hydrogen-bond donors (Lipinski definition) is 2. The quantitative estimate of drug-likeness (QED) is 0.630. The first kappa shape index (κ1) is 14.5. The number of rotatable bonds is 2. The van der Waals surface area contributed by atoms with Crippen molar-refractivity contribution in [2.45, 2.75) is 18.9 Å². The maximum atomic E-state index is 12.4. The fourth-order valence-corrected chi connectivity index (χ4v) is 4.36. The van der Waals surface area contributed by atoms with Crippen molar-refractivity contribution in [1.29, 1.82) is 0 Å². The van der Waals surface area contributed by atoms with Gasteiger partial charge in [-0.15, -0.1) is 0 Å². The number of carbonyl (C=O) groups is 3. The minimum absolute atomic E-state index is 0.00907. The molecule has 3 fully saturated rings. The number of halogens is 1. The lowest BCUT2D eigenvalue weighted by Gasteiger charge is -2.23. The maximum absolute atomic E-state index is 12.4. The smallest absolute Gasteiger partial charge is 0.310 e. The first-order chi connectivity index (χ1) is 11.0. The molecule has 2 saturated carbocycles. The van der Waals surface area contributed by atoms with Crippen molar-refractivity contribution < 1.29 is 19.1 Å². The second-order valence-corrected chi connectivity index (χ2v) is 6.81. The molecule has 0 aromatic heterocycles. The van der Waals surface area contributed by atoms with E-state index in [0.29, 0.717) is 10.6 Å². The van der Waals surface area contributed by atoms with E-state index in [1.807, 2.05) is 0 Å². The summed E-state index contributed by atoms with van der Waals surface area (Å²) in [6, 6.07) is 6.34.